The number of aliphatic hydroxyl groups is 7. The van der Waals surface area contributed by atoms with Gasteiger partial charge in [0.1, 0.15) is 17.8 Å². The van der Waals surface area contributed by atoms with Gasteiger partial charge >= 0.3 is 0 Å². The third-order valence-electron chi connectivity index (χ3n) is 3.37. The van der Waals surface area contributed by atoms with Crippen molar-refractivity contribution in [3.8, 4) is 0 Å². The van der Waals surface area contributed by atoms with E-state index in [2.05, 4.69) is 5.32 Å². The average molecular weight is 267 g/mol. The molecule has 0 heterocycles. The zero-order valence-electron chi connectivity index (χ0n) is 9.85. The van der Waals surface area contributed by atoms with Gasteiger partial charge in [0, 0.05) is 6.04 Å². The molecular weight excluding hydrogens is 246 g/mol. The zero-order valence-corrected chi connectivity index (χ0v) is 9.85. The maximum atomic E-state index is 9.93. The van der Waals surface area contributed by atoms with E-state index < -0.39 is 55.8 Å². The molecule has 0 spiro atoms. The van der Waals surface area contributed by atoms with E-state index in [-0.39, 0.29) is 6.42 Å². The Morgan fingerprint density at radius 3 is 2.06 bits per heavy atom. The monoisotopic (exact) mass is 267 g/mol. The third kappa shape index (κ3) is 2.98. The Morgan fingerprint density at radius 1 is 1.06 bits per heavy atom. The van der Waals surface area contributed by atoms with Crippen LogP contribution >= 0.6 is 0 Å². The second-order valence-corrected chi connectivity index (χ2v) is 4.73. The molecule has 108 valence electrons. The summed E-state index contributed by atoms with van der Waals surface area (Å²) in [6.07, 6.45) is -4.91. The van der Waals surface area contributed by atoms with Gasteiger partial charge in [0.05, 0.1) is 32.0 Å². The first-order chi connectivity index (χ1) is 8.39. The summed E-state index contributed by atoms with van der Waals surface area (Å²) in [6.45, 7) is -1.56. The molecule has 1 fully saturated rings. The van der Waals surface area contributed by atoms with E-state index in [0.717, 1.165) is 0 Å². The Labute approximate surface area is 104 Å². The second kappa shape index (κ2) is 6.22. The summed E-state index contributed by atoms with van der Waals surface area (Å²) >= 11 is 0. The van der Waals surface area contributed by atoms with E-state index in [0.29, 0.717) is 0 Å². The van der Waals surface area contributed by atoms with Gasteiger partial charge in [0.2, 0.25) is 0 Å². The summed E-state index contributed by atoms with van der Waals surface area (Å²) < 4.78 is 0. The molecule has 1 saturated carbocycles. The summed E-state index contributed by atoms with van der Waals surface area (Å²) in [5, 5.41) is 68.4. The topological polar surface area (TPSA) is 154 Å². The first-order valence-electron chi connectivity index (χ1n) is 5.74. The van der Waals surface area contributed by atoms with Gasteiger partial charge in [-0.05, 0) is 6.42 Å². The molecule has 18 heavy (non-hydrogen) atoms. The number of aliphatic hydroxyl groups excluding tert-OH is 6. The molecule has 0 amide bonds. The highest BCUT2D eigenvalue weighted by molar-refractivity contribution is 5.05. The van der Waals surface area contributed by atoms with Crippen LogP contribution in [0.2, 0.25) is 0 Å². The van der Waals surface area contributed by atoms with E-state index in [4.69, 9.17) is 15.3 Å². The van der Waals surface area contributed by atoms with E-state index in [1.807, 2.05) is 0 Å². The molecule has 5 atom stereocenters. The number of rotatable bonds is 5. The van der Waals surface area contributed by atoms with E-state index >= 15 is 0 Å². The lowest BCUT2D eigenvalue weighted by Crippen LogP contribution is -2.68. The lowest BCUT2D eigenvalue weighted by Gasteiger charge is -2.46. The van der Waals surface area contributed by atoms with Crippen LogP contribution in [0.1, 0.15) is 6.42 Å². The van der Waals surface area contributed by atoms with Crippen molar-refractivity contribution in [3.05, 3.63) is 0 Å². The van der Waals surface area contributed by atoms with E-state index in [1.165, 1.54) is 0 Å². The molecular formula is C10H21NO7. The maximum absolute atomic E-state index is 9.93. The van der Waals surface area contributed by atoms with Gasteiger partial charge in [0.25, 0.3) is 0 Å². The smallest absolute Gasteiger partial charge is 0.118 e. The Hall–Kier alpha value is -0.320. The van der Waals surface area contributed by atoms with Crippen LogP contribution in [0.4, 0.5) is 0 Å². The van der Waals surface area contributed by atoms with Crippen LogP contribution in [0.3, 0.4) is 0 Å². The summed E-state index contributed by atoms with van der Waals surface area (Å²) in [6, 6.07) is -1.60. The highest BCUT2D eigenvalue weighted by Gasteiger charge is 2.51. The molecule has 0 saturated heterocycles. The normalized spacial score (nSPS) is 41.3. The SMILES string of the molecule is OCC(CO)N[C@H]1C[C@@](O)(CO)[C@@H](O)[C@H](O)[C@@H]1O. The molecule has 0 unspecified atom stereocenters. The first kappa shape index (κ1) is 15.7. The molecule has 0 aliphatic heterocycles. The largest absolute Gasteiger partial charge is 0.395 e. The fraction of sp³-hybridized carbons (Fsp3) is 1.00. The van der Waals surface area contributed by atoms with E-state index in [1.54, 1.807) is 0 Å². The van der Waals surface area contributed by atoms with Crippen LogP contribution < -0.4 is 5.32 Å². The van der Waals surface area contributed by atoms with Gasteiger partial charge in [-0.1, -0.05) is 0 Å². The van der Waals surface area contributed by atoms with Crippen molar-refractivity contribution in [3.63, 3.8) is 0 Å². The highest BCUT2D eigenvalue weighted by atomic mass is 16.4. The summed E-state index contributed by atoms with van der Waals surface area (Å²) in [5.41, 5.74) is -1.94. The van der Waals surface area contributed by atoms with Crippen LogP contribution in [-0.4, -0.2) is 91.6 Å². The molecule has 0 bridgehead atoms. The fourth-order valence-electron chi connectivity index (χ4n) is 2.15. The Bertz CT molecular complexity index is 263. The van der Waals surface area contributed by atoms with Crippen LogP contribution in [0.15, 0.2) is 0 Å². The maximum Gasteiger partial charge on any atom is 0.118 e. The van der Waals surface area contributed by atoms with Crippen LogP contribution in [0.5, 0.6) is 0 Å². The predicted molar refractivity (Wildman–Crippen MR) is 59.6 cm³/mol. The highest BCUT2D eigenvalue weighted by Crippen LogP contribution is 2.29. The lowest BCUT2D eigenvalue weighted by atomic mass is 9.76. The number of nitrogens with one attached hydrogen (secondary N) is 1. The molecule has 0 aromatic carbocycles. The van der Waals surface area contributed by atoms with Gasteiger partial charge in [-0.3, -0.25) is 0 Å². The molecule has 8 N–H and O–H groups in total. The Morgan fingerprint density at radius 2 is 1.61 bits per heavy atom. The minimum atomic E-state index is -1.94. The van der Waals surface area contributed by atoms with Gasteiger partial charge in [0.15, 0.2) is 0 Å². The average Bonchev–Trinajstić information content (AvgIpc) is 2.39. The molecule has 0 aromatic rings. The molecule has 1 aliphatic rings. The Kier molecular flexibility index (Phi) is 5.44. The molecule has 8 nitrogen and oxygen atoms in total. The standard InChI is InChI=1S/C10H21NO7/c12-2-5(3-13)11-6-1-10(18,4-14)9(17)8(16)7(6)15/h5-9,11-18H,1-4H2/t6-,7+,8+,9-,10+/m0/s1. The zero-order chi connectivity index (χ0) is 13.9. The fourth-order valence-corrected chi connectivity index (χ4v) is 2.15. The minimum Gasteiger partial charge on any atom is -0.395 e. The van der Waals surface area contributed by atoms with Gasteiger partial charge < -0.3 is 41.1 Å². The third-order valence-corrected chi connectivity index (χ3v) is 3.37. The van der Waals surface area contributed by atoms with Gasteiger partial charge in [-0.15, -0.1) is 0 Å². The van der Waals surface area contributed by atoms with Crippen LogP contribution in [0, 0.1) is 0 Å². The quantitative estimate of drug-likeness (QED) is 0.248. The van der Waals surface area contributed by atoms with Crippen molar-refractivity contribution >= 4 is 0 Å². The van der Waals surface area contributed by atoms with Crippen LogP contribution in [-0.2, 0) is 0 Å². The van der Waals surface area contributed by atoms with E-state index in [9.17, 15) is 20.4 Å². The summed E-state index contributed by atoms with van der Waals surface area (Å²) in [7, 11) is 0. The van der Waals surface area contributed by atoms with Gasteiger partial charge in [-0.2, -0.15) is 0 Å². The molecule has 0 aromatic heterocycles. The predicted octanol–water partition coefficient (Wildman–Crippen LogP) is -4.49. The van der Waals surface area contributed by atoms with Crippen molar-refractivity contribution < 1.29 is 35.7 Å². The van der Waals surface area contributed by atoms with Crippen LogP contribution in [0.25, 0.3) is 0 Å². The van der Waals surface area contributed by atoms with Crippen molar-refractivity contribution in [1.29, 1.82) is 0 Å². The number of hydrogen-bond donors (Lipinski definition) is 8. The van der Waals surface area contributed by atoms with Crippen molar-refractivity contribution in [1.82, 2.24) is 5.32 Å². The van der Waals surface area contributed by atoms with Gasteiger partial charge in [-0.25, -0.2) is 0 Å². The van der Waals surface area contributed by atoms with Crippen molar-refractivity contribution in [2.24, 2.45) is 0 Å². The first-order valence-corrected chi connectivity index (χ1v) is 5.74. The molecule has 0 radical (unpaired) electrons. The summed E-state index contributed by atoms with van der Waals surface area (Å²) in [5.74, 6) is 0. The van der Waals surface area contributed by atoms with Crippen molar-refractivity contribution in [2.75, 3.05) is 19.8 Å². The molecule has 8 heteroatoms. The van der Waals surface area contributed by atoms with Crippen molar-refractivity contribution in [2.45, 2.75) is 42.4 Å². The molecule has 1 rings (SSSR count). The lowest BCUT2D eigenvalue weighted by molar-refractivity contribution is -0.207. The second-order valence-electron chi connectivity index (χ2n) is 4.73. The minimum absolute atomic E-state index is 0.223. The number of hydrogen-bond acceptors (Lipinski definition) is 8. The summed E-state index contributed by atoms with van der Waals surface area (Å²) in [4.78, 5) is 0. The molecule has 1 aliphatic carbocycles. The Balaban J connectivity index is 2.79.